The molecule has 172 valence electrons. The molecule has 3 fully saturated rings. The molecule has 0 spiro atoms. The van der Waals surface area contributed by atoms with Gasteiger partial charge in [-0.2, -0.15) is 13.2 Å². The molecule has 7 heteroatoms. The van der Waals surface area contributed by atoms with E-state index in [4.69, 9.17) is 0 Å². The normalized spacial score (nSPS) is 29.6. The molecular formula is C24H34F3N3O. The summed E-state index contributed by atoms with van der Waals surface area (Å²) in [6.45, 7) is 6.56. The number of halogens is 3. The minimum atomic E-state index is -4.29. The third-order valence-corrected chi connectivity index (χ3v) is 7.45. The van der Waals surface area contributed by atoms with Gasteiger partial charge in [-0.1, -0.05) is 13.3 Å². The topological polar surface area (TPSA) is 35.6 Å². The van der Waals surface area contributed by atoms with Gasteiger partial charge in [0.1, 0.15) is 0 Å². The molecule has 0 aromatic heterocycles. The number of hydrogen-bond donors (Lipinski definition) is 1. The first kappa shape index (κ1) is 22.4. The third-order valence-electron chi connectivity index (χ3n) is 7.45. The zero-order valence-electron chi connectivity index (χ0n) is 18.3. The van der Waals surface area contributed by atoms with Crippen LogP contribution in [-0.4, -0.2) is 49.6 Å². The van der Waals surface area contributed by atoms with E-state index in [1.165, 1.54) is 19.3 Å². The zero-order valence-corrected chi connectivity index (χ0v) is 18.3. The summed E-state index contributed by atoms with van der Waals surface area (Å²) in [4.78, 5) is 17.1. The van der Waals surface area contributed by atoms with E-state index in [9.17, 15) is 18.0 Å². The molecule has 3 aliphatic rings. The van der Waals surface area contributed by atoms with Crippen molar-refractivity contribution in [1.82, 2.24) is 10.2 Å². The molecular weight excluding hydrogens is 403 g/mol. The van der Waals surface area contributed by atoms with E-state index < -0.39 is 11.7 Å². The Labute approximate surface area is 183 Å². The summed E-state index contributed by atoms with van der Waals surface area (Å²) in [5, 5.41) is 3.29. The molecule has 1 amide bonds. The van der Waals surface area contributed by atoms with Crippen molar-refractivity contribution in [3.05, 3.63) is 29.8 Å². The lowest BCUT2D eigenvalue weighted by Gasteiger charge is -2.36. The predicted octanol–water partition coefficient (Wildman–Crippen LogP) is 4.55. The Bertz CT molecular complexity index is 735. The maximum atomic E-state index is 12.7. The molecule has 31 heavy (non-hydrogen) atoms. The highest BCUT2D eigenvalue weighted by Gasteiger charge is 2.44. The first-order valence-corrected chi connectivity index (χ1v) is 11.8. The molecule has 1 aromatic rings. The van der Waals surface area contributed by atoms with E-state index >= 15 is 0 Å². The largest absolute Gasteiger partial charge is 0.416 e. The van der Waals surface area contributed by atoms with E-state index in [1.807, 2.05) is 0 Å². The van der Waals surface area contributed by atoms with E-state index in [2.05, 4.69) is 22.0 Å². The predicted molar refractivity (Wildman–Crippen MR) is 116 cm³/mol. The van der Waals surface area contributed by atoms with Crippen molar-refractivity contribution in [3.8, 4) is 0 Å². The lowest BCUT2D eigenvalue weighted by atomic mass is 9.84. The monoisotopic (exact) mass is 437 g/mol. The number of benzene rings is 1. The Morgan fingerprint density at radius 3 is 2.26 bits per heavy atom. The van der Waals surface area contributed by atoms with Gasteiger partial charge in [0.2, 0.25) is 5.91 Å². The molecule has 1 heterocycles. The molecule has 4 rings (SSSR count). The highest BCUT2D eigenvalue weighted by atomic mass is 19.4. The second kappa shape index (κ2) is 9.39. The molecule has 1 N–H and O–H groups in total. The number of piperazine rings is 1. The highest BCUT2D eigenvalue weighted by molar-refractivity contribution is 5.81. The second-order valence-electron chi connectivity index (χ2n) is 9.57. The molecule has 1 saturated heterocycles. The van der Waals surface area contributed by atoms with Gasteiger partial charge in [0.25, 0.3) is 0 Å². The van der Waals surface area contributed by atoms with Crippen LogP contribution in [0.4, 0.5) is 18.9 Å². The SMILES string of the molecule is CCC1CCC(NC(=O)[C@@H]2C[C@H]2CN2CCN(c3ccc(C(F)(F)F)cc3)CC2)CC1. The van der Waals surface area contributed by atoms with Crippen LogP contribution in [0.1, 0.15) is 51.0 Å². The minimum absolute atomic E-state index is 0.164. The van der Waals surface area contributed by atoms with Crippen LogP contribution in [0.3, 0.4) is 0 Å². The molecule has 2 atom stereocenters. The number of carbonyl (C=O) groups is 1. The number of anilines is 1. The molecule has 1 aromatic carbocycles. The Balaban J connectivity index is 1.17. The van der Waals surface area contributed by atoms with Crippen LogP contribution >= 0.6 is 0 Å². The fraction of sp³-hybridized carbons (Fsp3) is 0.708. The molecule has 1 aliphatic heterocycles. The summed E-state index contributed by atoms with van der Waals surface area (Å²) in [5.41, 5.74) is 0.237. The average molecular weight is 438 g/mol. The number of carbonyl (C=O) groups excluding carboxylic acids is 1. The number of rotatable bonds is 6. The Kier molecular flexibility index (Phi) is 6.80. The number of alkyl halides is 3. The van der Waals surface area contributed by atoms with Crippen molar-refractivity contribution in [2.45, 2.75) is 57.7 Å². The number of nitrogens with one attached hydrogen (secondary N) is 1. The van der Waals surface area contributed by atoms with Gasteiger partial charge in [-0.05, 0) is 68.2 Å². The lowest BCUT2D eigenvalue weighted by Crippen LogP contribution is -2.47. The Hall–Kier alpha value is -1.76. The van der Waals surface area contributed by atoms with E-state index in [1.54, 1.807) is 12.1 Å². The van der Waals surface area contributed by atoms with Crippen LogP contribution in [-0.2, 0) is 11.0 Å². The lowest BCUT2D eigenvalue weighted by molar-refractivity contribution is -0.137. The average Bonchev–Trinajstić information content (AvgIpc) is 3.54. The van der Waals surface area contributed by atoms with Crippen LogP contribution in [0.5, 0.6) is 0 Å². The molecule has 4 nitrogen and oxygen atoms in total. The molecule has 0 radical (unpaired) electrons. The molecule has 0 bridgehead atoms. The quantitative estimate of drug-likeness (QED) is 0.709. The maximum absolute atomic E-state index is 12.7. The number of amides is 1. The minimum Gasteiger partial charge on any atom is -0.369 e. The maximum Gasteiger partial charge on any atom is 0.416 e. The standard InChI is InChI=1S/C24H34F3N3O/c1-2-17-3-7-20(8-4-17)28-23(31)22-15-18(22)16-29-11-13-30(14-12-29)21-9-5-19(6-10-21)24(25,26)27/h5-6,9-10,17-18,20,22H,2-4,7-8,11-16H2,1H3,(H,28,31)/t17?,18-,20?,22+/m0/s1. The highest BCUT2D eigenvalue weighted by Crippen LogP contribution is 2.40. The summed E-state index contributed by atoms with van der Waals surface area (Å²) >= 11 is 0. The van der Waals surface area contributed by atoms with Crippen molar-refractivity contribution in [1.29, 1.82) is 0 Å². The first-order valence-electron chi connectivity index (χ1n) is 11.8. The van der Waals surface area contributed by atoms with Gasteiger partial charge in [-0.25, -0.2) is 0 Å². The smallest absolute Gasteiger partial charge is 0.369 e. The van der Waals surface area contributed by atoms with Crippen molar-refractivity contribution in [3.63, 3.8) is 0 Å². The van der Waals surface area contributed by atoms with E-state index in [0.29, 0.717) is 12.0 Å². The van der Waals surface area contributed by atoms with Crippen molar-refractivity contribution in [2.24, 2.45) is 17.8 Å². The van der Waals surface area contributed by atoms with Crippen LogP contribution in [0, 0.1) is 17.8 Å². The van der Waals surface area contributed by atoms with Crippen LogP contribution in [0.15, 0.2) is 24.3 Å². The Morgan fingerprint density at radius 1 is 1.03 bits per heavy atom. The Morgan fingerprint density at radius 2 is 1.68 bits per heavy atom. The number of hydrogen-bond acceptors (Lipinski definition) is 3. The summed E-state index contributed by atoms with van der Waals surface area (Å²) in [6, 6.07) is 5.80. The van der Waals surface area contributed by atoms with E-state index in [0.717, 1.165) is 75.7 Å². The fourth-order valence-corrected chi connectivity index (χ4v) is 5.18. The van der Waals surface area contributed by atoms with Gasteiger partial charge in [0, 0.05) is 50.4 Å². The van der Waals surface area contributed by atoms with Crippen molar-refractivity contribution in [2.75, 3.05) is 37.6 Å². The van der Waals surface area contributed by atoms with Gasteiger partial charge in [-0.15, -0.1) is 0 Å². The zero-order chi connectivity index (χ0) is 22.0. The molecule has 2 aliphatic carbocycles. The second-order valence-corrected chi connectivity index (χ2v) is 9.57. The third kappa shape index (κ3) is 5.73. The van der Waals surface area contributed by atoms with Gasteiger partial charge in [0.05, 0.1) is 5.56 Å². The summed E-state index contributed by atoms with van der Waals surface area (Å²) in [7, 11) is 0. The molecule has 0 unspecified atom stereocenters. The van der Waals surface area contributed by atoms with Crippen molar-refractivity contribution < 1.29 is 18.0 Å². The molecule has 2 saturated carbocycles. The van der Waals surface area contributed by atoms with Crippen molar-refractivity contribution >= 4 is 11.6 Å². The van der Waals surface area contributed by atoms with Crippen LogP contribution < -0.4 is 10.2 Å². The first-order chi connectivity index (χ1) is 14.8. The summed E-state index contributed by atoms with van der Waals surface area (Å²) in [6.07, 6.45) is 2.64. The summed E-state index contributed by atoms with van der Waals surface area (Å²) in [5.74, 6) is 1.69. The van der Waals surface area contributed by atoms with Gasteiger partial charge >= 0.3 is 6.18 Å². The van der Waals surface area contributed by atoms with Gasteiger partial charge in [-0.3, -0.25) is 9.69 Å². The van der Waals surface area contributed by atoms with Gasteiger partial charge < -0.3 is 10.2 Å². The summed E-state index contributed by atoms with van der Waals surface area (Å²) < 4.78 is 38.2. The van der Waals surface area contributed by atoms with E-state index in [-0.39, 0.29) is 11.8 Å². The van der Waals surface area contributed by atoms with Crippen LogP contribution in [0.2, 0.25) is 0 Å². The van der Waals surface area contributed by atoms with Gasteiger partial charge in [0.15, 0.2) is 0 Å². The number of nitrogens with zero attached hydrogens (tertiary/aromatic N) is 2. The fourth-order valence-electron chi connectivity index (χ4n) is 5.18. The van der Waals surface area contributed by atoms with Crippen LogP contribution in [0.25, 0.3) is 0 Å².